The van der Waals surface area contributed by atoms with Crippen molar-refractivity contribution in [3.05, 3.63) is 17.5 Å². The van der Waals surface area contributed by atoms with E-state index in [-0.39, 0.29) is 23.9 Å². The molecule has 0 aromatic carbocycles. The summed E-state index contributed by atoms with van der Waals surface area (Å²) in [6.45, 7) is 0. The highest BCUT2D eigenvalue weighted by atomic mass is 16.2. The largest absolute Gasteiger partial charge is 0.347 e. The lowest BCUT2D eigenvalue weighted by molar-refractivity contribution is -0.126. The lowest BCUT2D eigenvalue weighted by Gasteiger charge is -2.25. The molecule has 0 saturated heterocycles. The molecule has 1 saturated carbocycles. The number of carbonyl (C=O) groups is 1. The number of nitrogens with zero attached hydrogens (tertiary/aromatic N) is 1. The van der Waals surface area contributed by atoms with Crippen LogP contribution in [-0.4, -0.2) is 22.1 Å². The van der Waals surface area contributed by atoms with Gasteiger partial charge in [-0.1, -0.05) is 6.42 Å². The second-order valence-corrected chi connectivity index (χ2v) is 5.46. The molecule has 1 fully saturated rings. The van der Waals surface area contributed by atoms with Gasteiger partial charge in [-0.05, 0) is 37.7 Å². The Morgan fingerprint density at radius 1 is 1.39 bits per heavy atom. The van der Waals surface area contributed by atoms with Gasteiger partial charge in [0, 0.05) is 6.04 Å². The van der Waals surface area contributed by atoms with Crippen LogP contribution in [0.15, 0.2) is 6.20 Å². The summed E-state index contributed by atoms with van der Waals surface area (Å²) in [7, 11) is 0. The molecule has 3 atom stereocenters. The van der Waals surface area contributed by atoms with Gasteiger partial charge in [-0.25, -0.2) is 0 Å². The van der Waals surface area contributed by atoms with Crippen molar-refractivity contribution in [2.24, 2.45) is 11.7 Å². The fourth-order valence-corrected chi connectivity index (χ4v) is 3.20. The summed E-state index contributed by atoms with van der Waals surface area (Å²) < 4.78 is 0. The van der Waals surface area contributed by atoms with E-state index in [4.69, 9.17) is 5.73 Å². The second kappa shape index (κ2) is 4.72. The van der Waals surface area contributed by atoms with Crippen molar-refractivity contribution >= 4 is 5.91 Å². The maximum Gasteiger partial charge on any atom is 0.225 e. The van der Waals surface area contributed by atoms with Crippen molar-refractivity contribution in [2.75, 3.05) is 0 Å². The second-order valence-electron chi connectivity index (χ2n) is 5.46. The number of hydrogen-bond acceptors (Lipinski definition) is 3. The third-order valence-electron chi connectivity index (χ3n) is 4.26. The summed E-state index contributed by atoms with van der Waals surface area (Å²) in [6, 6.07) is 0.131. The zero-order valence-corrected chi connectivity index (χ0v) is 10.5. The molecular weight excluding hydrogens is 228 g/mol. The minimum atomic E-state index is -0.00158. The predicted octanol–water partition coefficient (Wildman–Crippen LogP) is 1.03. The minimum Gasteiger partial charge on any atom is -0.347 e. The normalized spacial score (nSPS) is 31.1. The van der Waals surface area contributed by atoms with Crippen LogP contribution in [0.5, 0.6) is 0 Å². The van der Waals surface area contributed by atoms with E-state index in [2.05, 4.69) is 15.5 Å². The number of rotatable bonds is 2. The van der Waals surface area contributed by atoms with Crippen LogP contribution in [0, 0.1) is 5.92 Å². The number of hydrogen-bond donors (Lipinski definition) is 3. The molecule has 0 radical (unpaired) electrons. The number of carbonyl (C=O) groups excluding carboxylic acids is 1. The van der Waals surface area contributed by atoms with Crippen molar-refractivity contribution in [3.63, 3.8) is 0 Å². The first-order valence-electron chi connectivity index (χ1n) is 6.84. The fourth-order valence-electron chi connectivity index (χ4n) is 3.20. The molecule has 2 aliphatic carbocycles. The van der Waals surface area contributed by atoms with Crippen LogP contribution in [0.4, 0.5) is 0 Å². The van der Waals surface area contributed by atoms with Gasteiger partial charge in [-0.15, -0.1) is 0 Å². The van der Waals surface area contributed by atoms with Crippen LogP contribution < -0.4 is 11.1 Å². The molecule has 5 heteroatoms. The van der Waals surface area contributed by atoms with E-state index < -0.39 is 0 Å². The average Bonchev–Trinajstić information content (AvgIpc) is 2.97. The molecule has 0 bridgehead atoms. The molecule has 2 aliphatic rings. The van der Waals surface area contributed by atoms with Gasteiger partial charge in [0.2, 0.25) is 5.91 Å². The van der Waals surface area contributed by atoms with Crippen LogP contribution in [0.2, 0.25) is 0 Å². The zero-order chi connectivity index (χ0) is 12.5. The Kier molecular flexibility index (Phi) is 3.07. The summed E-state index contributed by atoms with van der Waals surface area (Å²) in [4.78, 5) is 12.2. The molecule has 4 N–H and O–H groups in total. The molecule has 1 heterocycles. The summed E-state index contributed by atoms with van der Waals surface area (Å²) in [6.07, 6.45) is 7.99. The zero-order valence-electron chi connectivity index (χ0n) is 10.5. The molecule has 1 aromatic rings. The highest BCUT2D eigenvalue weighted by Gasteiger charge is 2.32. The minimum absolute atomic E-state index is 0.00158. The Balaban J connectivity index is 1.69. The van der Waals surface area contributed by atoms with Gasteiger partial charge < -0.3 is 11.1 Å². The summed E-state index contributed by atoms with van der Waals surface area (Å²) in [5, 5.41) is 10.2. The Morgan fingerprint density at radius 3 is 3.06 bits per heavy atom. The van der Waals surface area contributed by atoms with E-state index in [0.29, 0.717) is 0 Å². The Labute approximate surface area is 107 Å². The summed E-state index contributed by atoms with van der Waals surface area (Å²) in [5.74, 6) is 0.116. The van der Waals surface area contributed by atoms with E-state index in [0.717, 1.165) is 44.2 Å². The molecule has 0 aliphatic heterocycles. The first-order valence-corrected chi connectivity index (χ1v) is 6.84. The van der Waals surface area contributed by atoms with Crippen molar-refractivity contribution in [3.8, 4) is 0 Å². The number of nitrogens with one attached hydrogen (secondary N) is 2. The maximum atomic E-state index is 12.2. The number of aryl methyl sites for hydroxylation is 1. The Bertz CT molecular complexity index is 442. The van der Waals surface area contributed by atoms with E-state index in [1.165, 1.54) is 5.56 Å². The molecule has 1 amide bonds. The lowest BCUT2D eigenvalue weighted by Crippen LogP contribution is -2.41. The first kappa shape index (κ1) is 11.7. The number of H-pyrrole nitrogens is 1. The van der Waals surface area contributed by atoms with Crippen LogP contribution >= 0.6 is 0 Å². The van der Waals surface area contributed by atoms with Gasteiger partial charge in [0.25, 0.3) is 0 Å². The number of nitrogens with two attached hydrogens (primary N) is 1. The monoisotopic (exact) mass is 248 g/mol. The Hall–Kier alpha value is -1.36. The van der Waals surface area contributed by atoms with Gasteiger partial charge in [-0.3, -0.25) is 9.89 Å². The van der Waals surface area contributed by atoms with Gasteiger partial charge >= 0.3 is 0 Å². The molecule has 1 aromatic heterocycles. The van der Waals surface area contributed by atoms with Crippen molar-refractivity contribution in [1.29, 1.82) is 0 Å². The highest BCUT2D eigenvalue weighted by molar-refractivity contribution is 5.80. The van der Waals surface area contributed by atoms with Gasteiger partial charge in [0.15, 0.2) is 0 Å². The molecule has 98 valence electrons. The number of aromatic nitrogens is 2. The van der Waals surface area contributed by atoms with Crippen molar-refractivity contribution < 1.29 is 4.79 Å². The number of fused-ring (bicyclic) bond motifs is 1. The summed E-state index contributed by atoms with van der Waals surface area (Å²) >= 11 is 0. The maximum absolute atomic E-state index is 12.2. The van der Waals surface area contributed by atoms with Gasteiger partial charge in [0.05, 0.1) is 23.9 Å². The number of aromatic amines is 1. The fraction of sp³-hybridized carbons (Fsp3) is 0.692. The van der Waals surface area contributed by atoms with Crippen molar-refractivity contribution in [1.82, 2.24) is 15.5 Å². The van der Waals surface area contributed by atoms with E-state index in [1.807, 2.05) is 6.20 Å². The predicted molar refractivity (Wildman–Crippen MR) is 67.7 cm³/mol. The van der Waals surface area contributed by atoms with Crippen LogP contribution in [-0.2, 0) is 11.2 Å². The first-order chi connectivity index (χ1) is 8.75. The molecule has 5 nitrogen and oxygen atoms in total. The number of amides is 1. The highest BCUT2D eigenvalue weighted by Crippen LogP contribution is 2.29. The van der Waals surface area contributed by atoms with Crippen molar-refractivity contribution in [2.45, 2.75) is 50.6 Å². The third-order valence-corrected chi connectivity index (χ3v) is 4.26. The quantitative estimate of drug-likeness (QED) is 0.731. The van der Waals surface area contributed by atoms with E-state index in [9.17, 15) is 4.79 Å². The van der Waals surface area contributed by atoms with Crippen LogP contribution in [0.1, 0.15) is 49.4 Å². The van der Waals surface area contributed by atoms with Crippen LogP contribution in [0.25, 0.3) is 0 Å². The summed E-state index contributed by atoms with van der Waals surface area (Å²) in [5.41, 5.74) is 8.30. The lowest BCUT2D eigenvalue weighted by atomic mass is 9.93. The van der Waals surface area contributed by atoms with E-state index >= 15 is 0 Å². The molecular formula is C13H20N4O. The van der Waals surface area contributed by atoms with E-state index in [1.54, 1.807) is 0 Å². The smallest absolute Gasteiger partial charge is 0.225 e. The molecule has 3 rings (SSSR count). The van der Waals surface area contributed by atoms with Gasteiger partial charge in [0.1, 0.15) is 0 Å². The van der Waals surface area contributed by atoms with Crippen LogP contribution in [0.3, 0.4) is 0 Å². The topological polar surface area (TPSA) is 83.8 Å². The average molecular weight is 248 g/mol. The third kappa shape index (κ3) is 2.03. The molecule has 18 heavy (non-hydrogen) atoms. The molecule has 1 unspecified atom stereocenters. The van der Waals surface area contributed by atoms with Gasteiger partial charge in [-0.2, -0.15) is 5.10 Å². The molecule has 0 spiro atoms. The SMILES string of the molecule is N[C@@H]1CCC[C@@H]1C(=O)NC1CCCc2cn[nH]c21. The Morgan fingerprint density at radius 2 is 2.28 bits per heavy atom. The standard InChI is InChI=1S/C13H20N4O/c14-10-5-2-4-9(10)13(18)16-11-6-1-3-8-7-15-17-12(8)11/h7,9-11H,1-6,14H2,(H,15,17)(H,16,18)/t9-,10+,11?/m0/s1.